The third-order valence-electron chi connectivity index (χ3n) is 2.87. The topological polar surface area (TPSA) is 79.9 Å². The van der Waals surface area contributed by atoms with Crippen molar-refractivity contribution < 1.29 is 9.53 Å². The normalized spacial score (nSPS) is 12.2. The molecule has 0 aliphatic carbocycles. The Bertz CT molecular complexity index is 581. The minimum Gasteiger partial charge on any atom is -0.493 e. The molecule has 0 radical (unpaired) electrons. The number of aromatic amines is 1. The fourth-order valence-electron chi connectivity index (χ4n) is 1.76. The predicted molar refractivity (Wildman–Crippen MR) is 79.0 cm³/mol. The first kappa shape index (κ1) is 15.0. The maximum atomic E-state index is 12.2. The molecule has 6 heteroatoms. The maximum absolute atomic E-state index is 12.2. The molecular weight excluding hydrogens is 268 g/mol. The van der Waals surface area contributed by atoms with E-state index in [1.165, 1.54) is 6.33 Å². The monoisotopic (exact) mass is 288 g/mol. The van der Waals surface area contributed by atoms with Crippen molar-refractivity contribution in [3.8, 4) is 5.75 Å². The number of nitrogens with zero attached hydrogens (tertiary/aromatic N) is 2. The predicted octanol–water partition coefficient (Wildman–Crippen LogP) is 2.33. The highest BCUT2D eigenvalue weighted by Crippen LogP contribution is 2.15. The van der Waals surface area contributed by atoms with Crippen molar-refractivity contribution >= 4 is 5.91 Å². The number of hydrogen-bond donors (Lipinski definition) is 2. The van der Waals surface area contributed by atoms with Crippen molar-refractivity contribution in [2.24, 2.45) is 5.92 Å². The average Bonchev–Trinajstić information content (AvgIpc) is 2.99. The molecule has 0 saturated carbocycles. The number of ether oxygens (including phenoxy) is 1. The standard InChI is InChI=1S/C15H20N4O2/c1-10(2)8-21-13-6-4-5-12(7-13)15(20)18-11(3)14-16-9-17-19-14/h4-7,9-11H,8H2,1-3H3,(H,18,20)(H,16,17,19). The lowest BCUT2D eigenvalue weighted by Crippen LogP contribution is -2.27. The molecule has 0 aliphatic rings. The minimum atomic E-state index is -0.236. The van der Waals surface area contributed by atoms with Gasteiger partial charge in [0, 0.05) is 5.56 Å². The van der Waals surface area contributed by atoms with Gasteiger partial charge in [0.2, 0.25) is 0 Å². The highest BCUT2D eigenvalue weighted by molar-refractivity contribution is 5.94. The van der Waals surface area contributed by atoms with Crippen molar-refractivity contribution in [2.75, 3.05) is 6.61 Å². The third kappa shape index (κ3) is 4.30. The maximum Gasteiger partial charge on any atom is 0.251 e. The lowest BCUT2D eigenvalue weighted by atomic mass is 10.2. The van der Waals surface area contributed by atoms with Crippen LogP contribution in [-0.2, 0) is 0 Å². The van der Waals surface area contributed by atoms with Crippen LogP contribution in [0.15, 0.2) is 30.6 Å². The summed E-state index contributed by atoms with van der Waals surface area (Å²) in [7, 11) is 0. The Morgan fingerprint density at radius 2 is 2.19 bits per heavy atom. The van der Waals surface area contributed by atoms with E-state index in [9.17, 15) is 4.79 Å². The lowest BCUT2D eigenvalue weighted by molar-refractivity contribution is 0.0938. The Morgan fingerprint density at radius 1 is 1.38 bits per heavy atom. The molecule has 1 amide bonds. The molecule has 0 fully saturated rings. The largest absolute Gasteiger partial charge is 0.493 e. The average molecular weight is 288 g/mol. The Balaban J connectivity index is 2.00. The number of carbonyl (C=O) groups is 1. The molecule has 1 heterocycles. The van der Waals surface area contributed by atoms with E-state index in [4.69, 9.17) is 4.74 Å². The van der Waals surface area contributed by atoms with E-state index in [1.54, 1.807) is 12.1 Å². The quantitative estimate of drug-likeness (QED) is 0.855. The highest BCUT2D eigenvalue weighted by Gasteiger charge is 2.14. The van der Waals surface area contributed by atoms with Crippen LogP contribution in [0, 0.1) is 5.92 Å². The summed E-state index contributed by atoms with van der Waals surface area (Å²) in [4.78, 5) is 16.2. The van der Waals surface area contributed by atoms with Gasteiger partial charge in [-0.1, -0.05) is 19.9 Å². The van der Waals surface area contributed by atoms with Gasteiger partial charge in [-0.2, -0.15) is 5.10 Å². The van der Waals surface area contributed by atoms with Crippen LogP contribution >= 0.6 is 0 Å². The summed E-state index contributed by atoms with van der Waals surface area (Å²) in [6.07, 6.45) is 1.42. The van der Waals surface area contributed by atoms with Gasteiger partial charge < -0.3 is 10.1 Å². The van der Waals surface area contributed by atoms with Crippen molar-refractivity contribution in [3.05, 3.63) is 42.0 Å². The van der Waals surface area contributed by atoms with Crippen molar-refractivity contribution in [1.82, 2.24) is 20.5 Å². The van der Waals surface area contributed by atoms with Crippen LogP contribution in [0.1, 0.15) is 43.0 Å². The molecule has 21 heavy (non-hydrogen) atoms. The second-order valence-corrected chi connectivity index (χ2v) is 5.30. The van der Waals surface area contributed by atoms with Gasteiger partial charge in [0.1, 0.15) is 17.9 Å². The first-order valence-electron chi connectivity index (χ1n) is 6.95. The Hall–Kier alpha value is -2.37. The zero-order valence-corrected chi connectivity index (χ0v) is 12.5. The first-order chi connectivity index (χ1) is 10.1. The molecule has 1 aromatic carbocycles. The van der Waals surface area contributed by atoms with Crippen molar-refractivity contribution in [3.63, 3.8) is 0 Å². The third-order valence-corrected chi connectivity index (χ3v) is 2.87. The van der Waals surface area contributed by atoms with Gasteiger partial charge in [0.05, 0.1) is 12.6 Å². The van der Waals surface area contributed by atoms with Crippen LogP contribution in [0.25, 0.3) is 0 Å². The van der Waals surface area contributed by atoms with Gasteiger partial charge in [-0.15, -0.1) is 0 Å². The number of aromatic nitrogens is 3. The molecule has 0 aliphatic heterocycles. The molecule has 2 aromatic rings. The number of H-pyrrole nitrogens is 1. The van der Waals surface area contributed by atoms with Crippen molar-refractivity contribution in [2.45, 2.75) is 26.8 Å². The molecular formula is C15H20N4O2. The molecule has 2 rings (SSSR count). The Kier molecular flexibility index (Phi) is 4.92. The summed E-state index contributed by atoms with van der Waals surface area (Å²) in [6, 6.07) is 6.92. The summed E-state index contributed by atoms with van der Waals surface area (Å²) in [5.41, 5.74) is 0.558. The molecule has 2 N–H and O–H groups in total. The number of carbonyl (C=O) groups excluding carboxylic acids is 1. The van der Waals surface area contributed by atoms with Crippen molar-refractivity contribution in [1.29, 1.82) is 0 Å². The second kappa shape index (κ2) is 6.88. The number of nitrogens with one attached hydrogen (secondary N) is 2. The Morgan fingerprint density at radius 3 is 2.86 bits per heavy atom. The van der Waals surface area contributed by atoms with E-state index in [0.29, 0.717) is 29.7 Å². The van der Waals surface area contributed by atoms with Gasteiger partial charge in [-0.05, 0) is 31.0 Å². The van der Waals surface area contributed by atoms with Gasteiger partial charge in [0.25, 0.3) is 5.91 Å². The molecule has 112 valence electrons. The smallest absolute Gasteiger partial charge is 0.251 e. The SMILES string of the molecule is CC(C)COc1cccc(C(=O)NC(C)c2ncn[nH]2)c1. The number of amides is 1. The van der Waals surface area contributed by atoms with E-state index < -0.39 is 0 Å². The van der Waals surface area contributed by atoms with Crippen LogP contribution in [-0.4, -0.2) is 27.7 Å². The zero-order chi connectivity index (χ0) is 15.2. The van der Waals surface area contributed by atoms with E-state index in [2.05, 4.69) is 34.3 Å². The molecule has 0 saturated heterocycles. The second-order valence-electron chi connectivity index (χ2n) is 5.30. The fraction of sp³-hybridized carbons (Fsp3) is 0.400. The number of rotatable bonds is 6. The summed E-state index contributed by atoms with van der Waals surface area (Å²) in [5.74, 6) is 1.59. The summed E-state index contributed by atoms with van der Waals surface area (Å²) < 4.78 is 5.63. The summed E-state index contributed by atoms with van der Waals surface area (Å²) in [6.45, 7) is 6.63. The van der Waals surface area contributed by atoms with Crippen LogP contribution in [0.4, 0.5) is 0 Å². The van der Waals surface area contributed by atoms with E-state index >= 15 is 0 Å². The molecule has 0 spiro atoms. The van der Waals surface area contributed by atoms with Gasteiger partial charge in [-0.3, -0.25) is 9.89 Å². The van der Waals surface area contributed by atoms with Gasteiger partial charge >= 0.3 is 0 Å². The summed E-state index contributed by atoms with van der Waals surface area (Å²) >= 11 is 0. The summed E-state index contributed by atoms with van der Waals surface area (Å²) in [5, 5.41) is 9.37. The lowest BCUT2D eigenvalue weighted by Gasteiger charge is -2.12. The van der Waals surface area contributed by atoms with Gasteiger partial charge in [-0.25, -0.2) is 4.98 Å². The van der Waals surface area contributed by atoms with Crippen LogP contribution in [0.3, 0.4) is 0 Å². The van der Waals surface area contributed by atoms with Crippen LogP contribution < -0.4 is 10.1 Å². The molecule has 0 bridgehead atoms. The number of hydrogen-bond acceptors (Lipinski definition) is 4. The van der Waals surface area contributed by atoms with E-state index in [1.807, 2.05) is 19.1 Å². The van der Waals surface area contributed by atoms with Crippen LogP contribution in [0.2, 0.25) is 0 Å². The van der Waals surface area contributed by atoms with Crippen LogP contribution in [0.5, 0.6) is 5.75 Å². The van der Waals surface area contributed by atoms with Gasteiger partial charge in [0.15, 0.2) is 0 Å². The fourth-order valence-corrected chi connectivity index (χ4v) is 1.76. The number of benzene rings is 1. The highest BCUT2D eigenvalue weighted by atomic mass is 16.5. The molecule has 1 aromatic heterocycles. The molecule has 6 nitrogen and oxygen atoms in total. The Labute approximate surface area is 123 Å². The zero-order valence-electron chi connectivity index (χ0n) is 12.5. The molecule has 1 unspecified atom stereocenters. The molecule has 1 atom stereocenters. The van der Waals surface area contributed by atoms with E-state index in [-0.39, 0.29) is 11.9 Å². The minimum absolute atomic E-state index is 0.172. The van der Waals surface area contributed by atoms with E-state index in [0.717, 1.165) is 0 Å². The first-order valence-corrected chi connectivity index (χ1v) is 6.95.